The van der Waals surface area contributed by atoms with E-state index in [-0.39, 0.29) is 0 Å². The van der Waals surface area contributed by atoms with Crippen LogP contribution in [0.3, 0.4) is 0 Å². The Hall–Kier alpha value is -0.0800. The highest BCUT2D eigenvalue weighted by molar-refractivity contribution is 4.73. The van der Waals surface area contributed by atoms with Gasteiger partial charge in [0.1, 0.15) is 0 Å². The molecule has 0 radical (unpaired) electrons. The Morgan fingerprint density at radius 1 is 1.38 bits per heavy atom. The Labute approximate surface area is 82.5 Å². The van der Waals surface area contributed by atoms with Crippen LogP contribution in [-0.4, -0.2) is 26.2 Å². The molecule has 2 atom stereocenters. The lowest BCUT2D eigenvalue weighted by molar-refractivity contribution is 0.378. The van der Waals surface area contributed by atoms with Gasteiger partial charge >= 0.3 is 0 Å². The summed E-state index contributed by atoms with van der Waals surface area (Å²) in [4.78, 5) is 0. The molecule has 1 aliphatic heterocycles. The fraction of sp³-hybridized carbons (Fsp3) is 1.00. The van der Waals surface area contributed by atoms with Crippen molar-refractivity contribution in [2.45, 2.75) is 27.2 Å². The second kappa shape index (κ2) is 5.61. The summed E-state index contributed by atoms with van der Waals surface area (Å²) in [6, 6.07) is 0. The minimum atomic E-state index is 0.800. The van der Waals surface area contributed by atoms with Crippen molar-refractivity contribution in [3.8, 4) is 0 Å². The van der Waals surface area contributed by atoms with Gasteiger partial charge in [0, 0.05) is 0 Å². The molecule has 0 amide bonds. The molecule has 0 aromatic heterocycles. The second-order valence-electron chi connectivity index (χ2n) is 4.74. The molecule has 1 fully saturated rings. The van der Waals surface area contributed by atoms with Crippen molar-refractivity contribution in [2.75, 3.05) is 26.2 Å². The number of hydrogen-bond donors (Lipinski definition) is 2. The van der Waals surface area contributed by atoms with Crippen LogP contribution in [0.25, 0.3) is 0 Å². The van der Waals surface area contributed by atoms with Crippen LogP contribution in [-0.2, 0) is 0 Å². The van der Waals surface area contributed by atoms with E-state index in [0.29, 0.717) is 0 Å². The lowest BCUT2D eigenvalue weighted by Crippen LogP contribution is -2.29. The largest absolute Gasteiger partial charge is 0.316 e. The maximum absolute atomic E-state index is 3.57. The van der Waals surface area contributed by atoms with Crippen molar-refractivity contribution < 1.29 is 0 Å². The van der Waals surface area contributed by atoms with Crippen LogP contribution in [0.1, 0.15) is 27.2 Å². The van der Waals surface area contributed by atoms with Gasteiger partial charge in [0.05, 0.1) is 0 Å². The molecule has 1 heterocycles. The molecular formula is C11H24N2. The summed E-state index contributed by atoms with van der Waals surface area (Å²) in [5.41, 5.74) is 0. The Kier molecular flexibility index (Phi) is 4.74. The summed E-state index contributed by atoms with van der Waals surface area (Å²) >= 11 is 0. The quantitative estimate of drug-likeness (QED) is 0.676. The van der Waals surface area contributed by atoms with Gasteiger partial charge in [-0.1, -0.05) is 20.8 Å². The van der Waals surface area contributed by atoms with Gasteiger partial charge in [-0.25, -0.2) is 0 Å². The first kappa shape index (κ1) is 11.0. The third-order valence-electron chi connectivity index (χ3n) is 3.20. The van der Waals surface area contributed by atoms with Gasteiger partial charge in [-0.2, -0.15) is 0 Å². The molecule has 2 unspecified atom stereocenters. The summed E-state index contributed by atoms with van der Waals surface area (Å²) in [5, 5.41) is 6.96. The highest BCUT2D eigenvalue weighted by Gasteiger charge is 2.14. The van der Waals surface area contributed by atoms with E-state index in [1.165, 1.54) is 32.6 Å². The normalized spacial score (nSPS) is 25.4. The molecule has 1 saturated heterocycles. The molecule has 2 N–H and O–H groups in total. The monoisotopic (exact) mass is 184 g/mol. The number of hydrogen-bond acceptors (Lipinski definition) is 2. The Balaban J connectivity index is 1.99. The van der Waals surface area contributed by atoms with Gasteiger partial charge in [0.2, 0.25) is 0 Å². The first-order chi connectivity index (χ1) is 6.20. The maximum atomic E-state index is 3.57. The van der Waals surface area contributed by atoms with E-state index in [0.717, 1.165) is 17.8 Å². The maximum Gasteiger partial charge on any atom is -0.000779 e. The minimum Gasteiger partial charge on any atom is -0.316 e. The first-order valence-corrected chi connectivity index (χ1v) is 5.61. The Bertz CT molecular complexity index is 126. The third kappa shape index (κ3) is 4.10. The molecule has 2 heteroatoms. The van der Waals surface area contributed by atoms with Crippen LogP contribution in [0.2, 0.25) is 0 Å². The fourth-order valence-corrected chi connectivity index (χ4v) is 1.64. The molecule has 0 aliphatic carbocycles. The summed E-state index contributed by atoms with van der Waals surface area (Å²) in [6.45, 7) is 11.7. The van der Waals surface area contributed by atoms with Crippen LogP contribution in [0.5, 0.6) is 0 Å². The van der Waals surface area contributed by atoms with E-state index in [2.05, 4.69) is 31.4 Å². The van der Waals surface area contributed by atoms with Crippen LogP contribution in [0.4, 0.5) is 0 Å². The predicted molar refractivity (Wildman–Crippen MR) is 57.8 cm³/mol. The topological polar surface area (TPSA) is 24.1 Å². The summed E-state index contributed by atoms with van der Waals surface area (Å²) < 4.78 is 0. The van der Waals surface area contributed by atoms with Crippen molar-refractivity contribution in [3.63, 3.8) is 0 Å². The van der Waals surface area contributed by atoms with E-state index in [9.17, 15) is 0 Å². The van der Waals surface area contributed by atoms with Crippen molar-refractivity contribution in [1.82, 2.24) is 10.6 Å². The Morgan fingerprint density at radius 3 is 2.69 bits per heavy atom. The van der Waals surface area contributed by atoms with Crippen molar-refractivity contribution in [1.29, 1.82) is 0 Å². The highest BCUT2D eigenvalue weighted by atomic mass is 14.9. The molecule has 0 bridgehead atoms. The van der Waals surface area contributed by atoms with Gasteiger partial charge in [0.25, 0.3) is 0 Å². The van der Waals surface area contributed by atoms with Gasteiger partial charge in [-0.3, -0.25) is 0 Å². The standard InChI is InChI=1S/C11H24N2/c1-9(2)10(3)6-13-8-11-4-5-12-7-11/h9-13H,4-8H2,1-3H3. The van der Waals surface area contributed by atoms with Crippen molar-refractivity contribution in [3.05, 3.63) is 0 Å². The second-order valence-corrected chi connectivity index (χ2v) is 4.74. The molecule has 0 saturated carbocycles. The van der Waals surface area contributed by atoms with E-state index in [1.807, 2.05) is 0 Å². The molecule has 13 heavy (non-hydrogen) atoms. The van der Waals surface area contributed by atoms with E-state index in [1.54, 1.807) is 0 Å². The smallest absolute Gasteiger partial charge is 0.000779 e. The molecule has 1 aliphatic rings. The Morgan fingerprint density at radius 2 is 2.15 bits per heavy atom. The molecule has 0 aromatic rings. The van der Waals surface area contributed by atoms with Crippen LogP contribution < -0.4 is 10.6 Å². The lowest BCUT2D eigenvalue weighted by atomic mass is 9.98. The first-order valence-electron chi connectivity index (χ1n) is 5.61. The van der Waals surface area contributed by atoms with E-state index in [4.69, 9.17) is 0 Å². The zero-order valence-electron chi connectivity index (χ0n) is 9.27. The molecule has 0 spiro atoms. The van der Waals surface area contributed by atoms with Crippen molar-refractivity contribution in [2.24, 2.45) is 17.8 Å². The van der Waals surface area contributed by atoms with Gasteiger partial charge < -0.3 is 10.6 Å². The molecule has 2 nitrogen and oxygen atoms in total. The molecule has 0 aromatic carbocycles. The van der Waals surface area contributed by atoms with Gasteiger partial charge in [-0.15, -0.1) is 0 Å². The lowest BCUT2D eigenvalue weighted by Gasteiger charge is -2.17. The molecular weight excluding hydrogens is 160 g/mol. The van der Waals surface area contributed by atoms with Crippen LogP contribution in [0, 0.1) is 17.8 Å². The predicted octanol–water partition coefficient (Wildman–Crippen LogP) is 1.48. The average molecular weight is 184 g/mol. The van der Waals surface area contributed by atoms with Gasteiger partial charge in [-0.05, 0) is 50.4 Å². The summed E-state index contributed by atoms with van der Waals surface area (Å²) in [6.07, 6.45) is 1.35. The summed E-state index contributed by atoms with van der Waals surface area (Å²) in [5.74, 6) is 2.47. The van der Waals surface area contributed by atoms with Crippen molar-refractivity contribution >= 4 is 0 Å². The van der Waals surface area contributed by atoms with Gasteiger partial charge in [0.15, 0.2) is 0 Å². The fourth-order valence-electron chi connectivity index (χ4n) is 1.64. The van der Waals surface area contributed by atoms with E-state index >= 15 is 0 Å². The number of rotatable bonds is 5. The minimum absolute atomic E-state index is 0.800. The molecule has 78 valence electrons. The van der Waals surface area contributed by atoms with Crippen LogP contribution >= 0.6 is 0 Å². The zero-order chi connectivity index (χ0) is 9.68. The number of nitrogens with one attached hydrogen (secondary N) is 2. The average Bonchev–Trinajstić information content (AvgIpc) is 2.56. The third-order valence-corrected chi connectivity index (χ3v) is 3.20. The highest BCUT2D eigenvalue weighted by Crippen LogP contribution is 2.09. The summed E-state index contributed by atoms with van der Waals surface area (Å²) in [7, 11) is 0. The molecule has 1 rings (SSSR count). The van der Waals surface area contributed by atoms with E-state index < -0.39 is 0 Å². The van der Waals surface area contributed by atoms with Crippen LogP contribution in [0.15, 0.2) is 0 Å². The zero-order valence-corrected chi connectivity index (χ0v) is 9.27. The SMILES string of the molecule is CC(C)C(C)CNCC1CCNC1.